The Balaban J connectivity index is 1.57. The van der Waals surface area contributed by atoms with E-state index in [1.807, 2.05) is 48.5 Å². The molecule has 162 valence electrons. The number of H-pyrrole nitrogens is 1. The van der Waals surface area contributed by atoms with Gasteiger partial charge in [0, 0.05) is 36.0 Å². The van der Waals surface area contributed by atoms with Gasteiger partial charge in [0.1, 0.15) is 5.82 Å². The maximum atomic E-state index is 6.38. The smallest absolute Gasteiger partial charge is 0.180 e. The van der Waals surface area contributed by atoms with Crippen LogP contribution in [0.2, 0.25) is 0 Å². The molecule has 5 rings (SSSR count). The van der Waals surface area contributed by atoms with Crippen molar-refractivity contribution < 1.29 is 0 Å². The number of hydrogen-bond donors (Lipinski definition) is 2. The van der Waals surface area contributed by atoms with Crippen LogP contribution in [0.25, 0.3) is 22.6 Å². The Labute approximate surface area is 191 Å². The van der Waals surface area contributed by atoms with E-state index in [2.05, 4.69) is 74.1 Å². The van der Waals surface area contributed by atoms with Crippen LogP contribution in [0.5, 0.6) is 0 Å². The SMILES string of the molecule is Nc1cc(-c2ccccc2-c2nnn[nH]2)nc(N(Cc2ccccc2)Cc2ccccc2)c1. The molecule has 0 saturated heterocycles. The number of tetrazole rings is 1. The summed E-state index contributed by atoms with van der Waals surface area (Å²) in [6.45, 7) is 1.42. The van der Waals surface area contributed by atoms with Crippen molar-refractivity contribution in [2.45, 2.75) is 13.1 Å². The van der Waals surface area contributed by atoms with Crippen molar-refractivity contribution in [2.24, 2.45) is 0 Å². The Morgan fingerprint density at radius 2 is 1.33 bits per heavy atom. The normalized spacial score (nSPS) is 10.8. The molecule has 0 bridgehead atoms. The summed E-state index contributed by atoms with van der Waals surface area (Å²) in [6, 6.07) is 32.4. The molecule has 3 N–H and O–H groups in total. The van der Waals surface area contributed by atoms with Crippen LogP contribution in [0.1, 0.15) is 11.1 Å². The summed E-state index contributed by atoms with van der Waals surface area (Å²) in [5.74, 6) is 1.39. The Morgan fingerprint density at radius 1 is 0.727 bits per heavy atom. The van der Waals surface area contributed by atoms with Crippen LogP contribution in [-0.4, -0.2) is 25.6 Å². The summed E-state index contributed by atoms with van der Waals surface area (Å²) < 4.78 is 0. The highest BCUT2D eigenvalue weighted by Gasteiger charge is 2.16. The average molecular weight is 434 g/mol. The van der Waals surface area contributed by atoms with Crippen LogP contribution >= 0.6 is 0 Å². The number of aromatic amines is 1. The standard InChI is InChI=1S/C26H23N7/c27-21-15-24(22-13-7-8-14-23(22)26-29-31-32-30-26)28-25(16-21)33(17-19-9-3-1-4-10-19)18-20-11-5-2-6-12-20/h1-16H,17-18H2,(H2,27,28)(H,29,30,31,32). The fourth-order valence-electron chi connectivity index (χ4n) is 3.85. The molecule has 33 heavy (non-hydrogen) atoms. The highest BCUT2D eigenvalue weighted by Crippen LogP contribution is 2.32. The van der Waals surface area contributed by atoms with Gasteiger partial charge in [0.2, 0.25) is 0 Å². The van der Waals surface area contributed by atoms with Crippen LogP contribution in [-0.2, 0) is 13.1 Å². The molecule has 0 atom stereocenters. The number of anilines is 2. The summed E-state index contributed by atoms with van der Waals surface area (Å²) >= 11 is 0. The Bertz CT molecular complexity index is 1280. The van der Waals surface area contributed by atoms with E-state index < -0.39 is 0 Å². The largest absolute Gasteiger partial charge is 0.399 e. The third kappa shape index (κ3) is 4.72. The van der Waals surface area contributed by atoms with Gasteiger partial charge in [-0.1, -0.05) is 84.9 Å². The van der Waals surface area contributed by atoms with Gasteiger partial charge in [-0.2, -0.15) is 0 Å². The van der Waals surface area contributed by atoms with Crippen molar-refractivity contribution in [1.82, 2.24) is 25.6 Å². The first kappa shape index (κ1) is 20.4. The van der Waals surface area contributed by atoms with E-state index in [1.165, 1.54) is 11.1 Å². The molecule has 5 aromatic rings. The molecule has 0 spiro atoms. The monoisotopic (exact) mass is 433 g/mol. The Morgan fingerprint density at radius 3 is 1.94 bits per heavy atom. The molecular formula is C26H23N7. The van der Waals surface area contributed by atoms with Gasteiger partial charge in [0.25, 0.3) is 0 Å². The van der Waals surface area contributed by atoms with Gasteiger partial charge >= 0.3 is 0 Å². The zero-order chi connectivity index (χ0) is 22.5. The summed E-state index contributed by atoms with van der Waals surface area (Å²) in [5.41, 5.74) is 12.0. The summed E-state index contributed by atoms with van der Waals surface area (Å²) in [4.78, 5) is 7.27. The molecule has 0 aliphatic carbocycles. The summed E-state index contributed by atoms with van der Waals surface area (Å²) in [6.07, 6.45) is 0. The zero-order valence-corrected chi connectivity index (χ0v) is 18.0. The third-order valence-electron chi connectivity index (χ3n) is 5.39. The van der Waals surface area contributed by atoms with Gasteiger partial charge in [-0.25, -0.2) is 10.1 Å². The molecule has 7 nitrogen and oxygen atoms in total. The number of nitrogens with two attached hydrogens (primary N) is 1. The minimum Gasteiger partial charge on any atom is -0.399 e. The lowest BCUT2D eigenvalue weighted by atomic mass is 10.0. The first-order valence-corrected chi connectivity index (χ1v) is 10.7. The van der Waals surface area contributed by atoms with Crippen molar-refractivity contribution in [3.8, 4) is 22.6 Å². The van der Waals surface area contributed by atoms with Gasteiger partial charge in [0.05, 0.1) is 5.69 Å². The fraction of sp³-hybridized carbons (Fsp3) is 0.0769. The molecule has 0 amide bonds. The number of rotatable bonds is 7. The van der Waals surface area contributed by atoms with E-state index in [0.29, 0.717) is 24.6 Å². The molecule has 2 aromatic heterocycles. The van der Waals surface area contributed by atoms with E-state index in [0.717, 1.165) is 22.6 Å². The van der Waals surface area contributed by atoms with Gasteiger partial charge in [-0.3, -0.25) is 0 Å². The fourth-order valence-corrected chi connectivity index (χ4v) is 3.85. The maximum absolute atomic E-state index is 6.38. The minimum absolute atomic E-state index is 0.585. The molecule has 0 saturated carbocycles. The lowest BCUT2D eigenvalue weighted by molar-refractivity contribution is 0.784. The topological polar surface area (TPSA) is 96.6 Å². The molecule has 0 aliphatic heterocycles. The van der Waals surface area contributed by atoms with E-state index in [9.17, 15) is 0 Å². The van der Waals surface area contributed by atoms with E-state index >= 15 is 0 Å². The first-order valence-electron chi connectivity index (χ1n) is 10.7. The molecule has 0 fully saturated rings. The number of aromatic nitrogens is 5. The van der Waals surface area contributed by atoms with Crippen molar-refractivity contribution in [3.05, 3.63) is 108 Å². The molecule has 0 radical (unpaired) electrons. The van der Waals surface area contributed by atoms with Crippen LogP contribution in [0.4, 0.5) is 11.5 Å². The molecule has 3 aromatic carbocycles. The number of hydrogen-bond acceptors (Lipinski definition) is 6. The van der Waals surface area contributed by atoms with Gasteiger partial charge < -0.3 is 10.6 Å². The van der Waals surface area contributed by atoms with Crippen LogP contribution in [0.3, 0.4) is 0 Å². The van der Waals surface area contributed by atoms with Crippen LogP contribution < -0.4 is 10.6 Å². The average Bonchev–Trinajstić information content (AvgIpc) is 3.40. The number of nitrogens with zero attached hydrogens (tertiary/aromatic N) is 5. The second-order valence-corrected chi connectivity index (χ2v) is 7.77. The van der Waals surface area contributed by atoms with Crippen molar-refractivity contribution in [2.75, 3.05) is 10.6 Å². The van der Waals surface area contributed by atoms with E-state index in [1.54, 1.807) is 0 Å². The third-order valence-corrected chi connectivity index (χ3v) is 5.39. The van der Waals surface area contributed by atoms with Crippen LogP contribution in [0, 0.1) is 0 Å². The minimum atomic E-state index is 0.585. The predicted octanol–water partition coefficient (Wildman–Crippen LogP) is 4.72. The molecule has 7 heteroatoms. The van der Waals surface area contributed by atoms with Gasteiger partial charge in [0.15, 0.2) is 5.82 Å². The lowest BCUT2D eigenvalue weighted by Gasteiger charge is -2.25. The molecule has 2 heterocycles. The molecule has 0 aliphatic rings. The molecule has 0 unspecified atom stereocenters. The van der Waals surface area contributed by atoms with Gasteiger partial charge in [-0.15, -0.1) is 5.10 Å². The highest BCUT2D eigenvalue weighted by atomic mass is 15.5. The zero-order valence-electron chi connectivity index (χ0n) is 18.0. The van der Waals surface area contributed by atoms with Crippen molar-refractivity contribution >= 4 is 11.5 Å². The molecular weight excluding hydrogens is 410 g/mol. The second kappa shape index (κ2) is 9.32. The van der Waals surface area contributed by atoms with Crippen molar-refractivity contribution in [1.29, 1.82) is 0 Å². The second-order valence-electron chi connectivity index (χ2n) is 7.77. The van der Waals surface area contributed by atoms with Crippen LogP contribution in [0.15, 0.2) is 97.1 Å². The maximum Gasteiger partial charge on any atom is 0.180 e. The summed E-state index contributed by atoms with van der Waals surface area (Å²) in [5, 5.41) is 14.3. The van der Waals surface area contributed by atoms with Crippen molar-refractivity contribution in [3.63, 3.8) is 0 Å². The first-order chi connectivity index (χ1) is 16.3. The Hall–Kier alpha value is -4.52. The predicted molar refractivity (Wildman–Crippen MR) is 130 cm³/mol. The number of pyridine rings is 1. The number of nitrogens with one attached hydrogen (secondary N) is 1. The highest BCUT2D eigenvalue weighted by molar-refractivity contribution is 5.80. The quantitative estimate of drug-likeness (QED) is 0.386. The van der Waals surface area contributed by atoms with E-state index in [4.69, 9.17) is 10.7 Å². The summed E-state index contributed by atoms with van der Waals surface area (Å²) in [7, 11) is 0. The Kier molecular flexibility index (Phi) is 5.75. The number of nitrogen functional groups attached to an aromatic ring is 1. The lowest BCUT2D eigenvalue weighted by Crippen LogP contribution is -2.23. The number of benzene rings is 3. The van der Waals surface area contributed by atoms with E-state index in [-0.39, 0.29) is 0 Å². The van der Waals surface area contributed by atoms with Gasteiger partial charge in [-0.05, 0) is 27.6 Å².